The van der Waals surface area contributed by atoms with Crippen LogP contribution in [-0.4, -0.2) is 22.0 Å². The van der Waals surface area contributed by atoms with E-state index in [0.29, 0.717) is 0 Å². The van der Waals surface area contributed by atoms with E-state index in [0.717, 1.165) is 49.4 Å². The molecule has 0 spiro atoms. The van der Waals surface area contributed by atoms with E-state index in [4.69, 9.17) is 0 Å². The number of carbonyl (C=O) groups is 2. The Hall–Kier alpha value is -2.96. The van der Waals surface area contributed by atoms with Crippen LogP contribution in [0.15, 0.2) is 29.1 Å². The highest BCUT2D eigenvalue weighted by atomic mass is 19.1. The number of carboxylic acid groups (broad SMARTS) is 1. The van der Waals surface area contributed by atoms with Crippen molar-refractivity contribution in [1.29, 1.82) is 0 Å². The summed E-state index contributed by atoms with van der Waals surface area (Å²) in [4.78, 5) is 39.3. The summed E-state index contributed by atoms with van der Waals surface area (Å²) in [6.07, 6.45) is 4.56. The zero-order chi connectivity index (χ0) is 19.6. The normalized spacial score (nSPS) is 14.7. The van der Waals surface area contributed by atoms with E-state index in [1.165, 1.54) is 19.1 Å². The van der Waals surface area contributed by atoms with Crippen molar-refractivity contribution in [2.24, 2.45) is 0 Å². The highest BCUT2D eigenvalue weighted by molar-refractivity contribution is 5.96. The second-order valence-corrected chi connectivity index (χ2v) is 6.83. The van der Waals surface area contributed by atoms with Gasteiger partial charge in [-0.25, -0.2) is 9.18 Å². The number of pyridine rings is 1. The van der Waals surface area contributed by atoms with Crippen molar-refractivity contribution in [3.8, 4) is 0 Å². The van der Waals surface area contributed by atoms with Crippen LogP contribution in [0.1, 0.15) is 58.0 Å². The van der Waals surface area contributed by atoms with Crippen molar-refractivity contribution in [2.45, 2.75) is 45.1 Å². The Balaban J connectivity index is 1.90. The lowest BCUT2D eigenvalue weighted by Crippen LogP contribution is -2.37. The summed E-state index contributed by atoms with van der Waals surface area (Å²) in [7, 11) is 0. The summed E-state index contributed by atoms with van der Waals surface area (Å²) in [5, 5.41) is 11.9. The van der Waals surface area contributed by atoms with Crippen LogP contribution >= 0.6 is 0 Å². The molecule has 0 bridgehead atoms. The van der Waals surface area contributed by atoms with Gasteiger partial charge in [0.05, 0.1) is 0 Å². The molecule has 1 amide bonds. The van der Waals surface area contributed by atoms with Gasteiger partial charge in [-0.15, -0.1) is 0 Å². The molecule has 0 aliphatic heterocycles. The quantitative estimate of drug-likeness (QED) is 0.719. The summed E-state index contributed by atoms with van der Waals surface area (Å²) >= 11 is 0. The van der Waals surface area contributed by atoms with Crippen LogP contribution in [0.2, 0.25) is 0 Å². The molecule has 0 saturated heterocycles. The molecular weight excluding hydrogens is 351 g/mol. The molecule has 1 unspecified atom stereocenters. The van der Waals surface area contributed by atoms with Gasteiger partial charge in [0.2, 0.25) is 0 Å². The topological polar surface area (TPSA) is 99.3 Å². The lowest BCUT2D eigenvalue weighted by molar-refractivity contribution is -0.139. The lowest BCUT2D eigenvalue weighted by atomic mass is 10.0. The van der Waals surface area contributed by atoms with E-state index in [-0.39, 0.29) is 16.7 Å². The monoisotopic (exact) mass is 372 g/mol. The predicted molar refractivity (Wildman–Crippen MR) is 97.3 cm³/mol. The molecular formula is C20H21FN2O4. The number of rotatable bonds is 4. The SMILES string of the molecule is Cc1cc(C(NC(=O)c2cc3c([nH]c2=O)CCCCC3)C(=O)O)ccc1F. The maximum atomic E-state index is 13.5. The van der Waals surface area contributed by atoms with E-state index >= 15 is 0 Å². The standard InChI is InChI=1S/C20H21FN2O4/c1-11-9-13(7-8-15(11)21)17(20(26)27)23-19(25)14-10-12-5-3-2-4-6-16(12)22-18(14)24/h7-10,17H,2-6H2,1H3,(H,22,24)(H,23,25)(H,26,27). The van der Waals surface area contributed by atoms with Gasteiger partial charge in [-0.3, -0.25) is 9.59 Å². The maximum absolute atomic E-state index is 13.5. The Morgan fingerprint density at radius 2 is 1.93 bits per heavy atom. The maximum Gasteiger partial charge on any atom is 0.330 e. The van der Waals surface area contributed by atoms with E-state index < -0.39 is 29.3 Å². The van der Waals surface area contributed by atoms with Crippen LogP contribution in [0.3, 0.4) is 0 Å². The Bertz CT molecular complexity index is 951. The van der Waals surface area contributed by atoms with Gasteiger partial charge in [0.25, 0.3) is 11.5 Å². The van der Waals surface area contributed by atoms with Crippen LogP contribution in [-0.2, 0) is 17.6 Å². The van der Waals surface area contributed by atoms with Crippen LogP contribution in [0.4, 0.5) is 4.39 Å². The van der Waals surface area contributed by atoms with Gasteiger partial charge in [0.15, 0.2) is 6.04 Å². The van der Waals surface area contributed by atoms with Gasteiger partial charge in [-0.05, 0) is 61.4 Å². The number of aromatic nitrogens is 1. The summed E-state index contributed by atoms with van der Waals surface area (Å²) < 4.78 is 13.5. The number of aromatic amines is 1. The van der Waals surface area contributed by atoms with Crippen molar-refractivity contribution in [3.05, 3.63) is 68.4 Å². The first kappa shape index (κ1) is 18.8. The minimum absolute atomic E-state index is 0.110. The average Bonchev–Trinajstić information content (AvgIpc) is 2.85. The van der Waals surface area contributed by atoms with Crippen molar-refractivity contribution < 1.29 is 19.1 Å². The van der Waals surface area contributed by atoms with Gasteiger partial charge >= 0.3 is 5.97 Å². The number of amides is 1. The molecule has 142 valence electrons. The molecule has 2 aromatic rings. The van der Waals surface area contributed by atoms with Crippen molar-refractivity contribution >= 4 is 11.9 Å². The third kappa shape index (κ3) is 4.07. The molecule has 1 aliphatic rings. The number of fused-ring (bicyclic) bond motifs is 1. The molecule has 3 rings (SSSR count). The molecule has 1 aromatic carbocycles. The predicted octanol–water partition coefficient (Wildman–Crippen LogP) is 2.65. The molecule has 0 saturated carbocycles. The molecule has 1 heterocycles. The van der Waals surface area contributed by atoms with E-state index in [1.807, 2.05) is 0 Å². The fraction of sp³-hybridized carbons (Fsp3) is 0.350. The summed E-state index contributed by atoms with van der Waals surface area (Å²) in [6, 6.07) is 4.01. The fourth-order valence-electron chi connectivity index (χ4n) is 3.36. The number of halogens is 1. The molecule has 0 radical (unpaired) electrons. The molecule has 7 heteroatoms. The average molecular weight is 372 g/mol. The zero-order valence-electron chi connectivity index (χ0n) is 15.0. The number of nitrogens with one attached hydrogen (secondary N) is 2. The van der Waals surface area contributed by atoms with Crippen molar-refractivity contribution in [3.63, 3.8) is 0 Å². The molecule has 0 fully saturated rings. The van der Waals surface area contributed by atoms with Crippen LogP contribution in [0.25, 0.3) is 0 Å². The first-order chi connectivity index (χ1) is 12.9. The van der Waals surface area contributed by atoms with Gasteiger partial charge in [0, 0.05) is 5.69 Å². The number of carbonyl (C=O) groups excluding carboxylic acids is 1. The molecule has 1 aliphatic carbocycles. The largest absolute Gasteiger partial charge is 0.479 e. The highest BCUT2D eigenvalue weighted by Crippen LogP contribution is 2.20. The molecule has 6 nitrogen and oxygen atoms in total. The Labute approximate surface area is 155 Å². The van der Waals surface area contributed by atoms with E-state index in [1.54, 1.807) is 6.07 Å². The smallest absolute Gasteiger partial charge is 0.330 e. The van der Waals surface area contributed by atoms with Gasteiger partial charge < -0.3 is 15.4 Å². The van der Waals surface area contributed by atoms with Gasteiger partial charge in [-0.2, -0.15) is 0 Å². The van der Waals surface area contributed by atoms with E-state index in [9.17, 15) is 23.9 Å². The fourth-order valence-corrected chi connectivity index (χ4v) is 3.36. The van der Waals surface area contributed by atoms with Gasteiger partial charge in [-0.1, -0.05) is 18.6 Å². The third-order valence-corrected chi connectivity index (χ3v) is 4.87. The first-order valence-electron chi connectivity index (χ1n) is 8.91. The van der Waals surface area contributed by atoms with Gasteiger partial charge in [0.1, 0.15) is 11.4 Å². The number of H-pyrrole nitrogens is 1. The zero-order valence-corrected chi connectivity index (χ0v) is 15.0. The molecule has 3 N–H and O–H groups in total. The Kier molecular flexibility index (Phi) is 5.39. The first-order valence-corrected chi connectivity index (χ1v) is 8.91. The van der Waals surface area contributed by atoms with Crippen LogP contribution in [0.5, 0.6) is 0 Å². The number of hydrogen-bond acceptors (Lipinski definition) is 3. The van der Waals surface area contributed by atoms with Crippen molar-refractivity contribution in [2.75, 3.05) is 0 Å². The highest BCUT2D eigenvalue weighted by Gasteiger charge is 2.25. The lowest BCUT2D eigenvalue weighted by Gasteiger charge is -2.16. The number of benzene rings is 1. The van der Waals surface area contributed by atoms with Crippen molar-refractivity contribution in [1.82, 2.24) is 10.3 Å². The summed E-state index contributed by atoms with van der Waals surface area (Å²) in [5.41, 5.74) is 1.63. The number of aryl methyl sites for hydroxylation is 3. The Morgan fingerprint density at radius 1 is 1.19 bits per heavy atom. The summed E-state index contributed by atoms with van der Waals surface area (Å²) in [5.74, 6) is -2.52. The molecule has 1 atom stereocenters. The number of carboxylic acids is 1. The van der Waals surface area contributed by atoms with Crippen LogP contribution in [0, 0.1) is 12.7 Å². The second-order valence-electron chi connectivity index (χ2n) is 6.83. The number of aliphatic carboxylic acids is 1. The third-order valence-electron chi connectivity index (χ3n) is 4.87. The molecule has 1 aromatic heterocycles. The second kappa shape index (κ2) is 7.73. The summed E-state index contributed by atoms with van der Waals surface area (Å²) in [6.45, 7) is 1.51. The minimum atomic E-state index is -1.38. The van der Waals surface area contributed by atoms with Crippen LogP contribution < -0.4 is 10.9 Å². The molecule has 27 heavy (non-hydrogen) atoms. The minimum Gasteiger partial charge on any atom is -0.479 e. The number of hydrogen-bond donors (Lipinski definition) is 3. The Morgan fingerprint density at radius 3 is 2.63 bits per heavy atom. The van der Waals surface area contributed by atoms with E-state index in [2.05, 4.69) is 10.3 Å².